The molecule has 1 heterocycles. The normalized spacial score (nSPS) is 14.7. The number of para-hydroxylation sites is 1. The monoisotopic (exact) mass is 306 g/mol. The Morgan fingerprint density at radius 2 is 1.90 bits per heavy atom. The van der Waals surface area contributed by atoms with Gasteiger partial charge in [0.1, 0.15) is 0 Å². The third kappa shape index (κ3) is 3.31. The fraction of sp³-hybridized carbons (Fsp3) is 0.385. The average molecular weight is 306 g/mol. The van der Waals surface area contributed by atoms with Crippen LogP contribution in [0.15, 0.2) is 29.2 Å². The SMILES string of the molecule is N#CCCN(CCC#N)S(=O)N1CSc2ccccc21. The summed E-state index contributed by atoms with van der Waals surface area (Å²) in [5.74, 6) is 0.627. The molecule has 20 heavy (non-hydrogen) atoms. The highest BCUT2D eigenvalue weighted by Gasteiger charge is 2.27. The van der Waals surface area contributed by atoms with Gasteiger partial charge in [0.2, 0.25) is 0 Å². The maximum atomic E-state index is 12.7. The van der Waals surface area contributed by atoms with E-state index in [0.29, 0.717) is 31.8 Å². The van der Waals surface area contributed by atoms with Crippen molar-refractivity contribution < 1.29 is 4.21 Å². The molecule has 104 valence electrons. The molecule has 0 N–H and O–H groups in total. The lowest BCUT2D eigenvalue weighted by atomic mass is 10.3. The Hall–Kier alpha value is -1.54. The maximum absolute atomic E-state index is 12.7. The summed E-state index contributed by atoms with van der Waals surface area (Å²) in [4.78, 5) is 1.11. The summed E-state index contributed by atoms with van der Waals surface area (Å²) in [5.41, 5.74) is 0.953. The Bertz CT molecular complexity index is 560. The first-order valence-corrected chi connectivity index (χ1v) is 8.23. The molecule has 0 saturated heterocycles. The lowest BCUT2D eigenvalue weighted by Crippen LogP contribution is -2.38. The van der Waals surface area contributed by atoms with Crippen LogP contribution in [0, 0.1) is 22.7 Å². The first-order chi connectivity index (χ1) is 9.77. The first kappa shape index (κ1) is 14.9. The number of thioether (sulfide) groups is 1. The molecule has 1 atom stereocenters. The molecule has 0 fully saturated rings. The van der Waals surface area contributed by atoms with Gasteiger partial charge >= 0.3 is 0 Å². The highest BCUT2D eigenvalue weighted by molar-refractivity contribution is 8.01. The lowest BCUT2D eigenvalue weighted by molar-refractivity contribution is 0.461. The zero-order valence-electron chi connectivity index (χ0n) is 10.9. The third-order valence-corrected chi connectivity index (χ3v) is 5.54. The van der Waals surface area contributed by atoms with Crippen LogP contribution in [0.2, 0.25) is 0 Å². The Kier molecular flexibility index (Phi) is 5.42. The third-order valence-electron chi connectivity index (χ3n) is 2.83. The van der Waals surface area contributed by atoms with E-state index in [1.54, 1.807) is 16.1 Å². The molecule has 1 unspecified atom stereocenters. The summed E-state index contributed by atoms with van der Waals surface area (Å²) in [6, 6.07) is 11.9. The standard InChI is InChI=1S/C13H14N4OS2/c14-7-3-9-16(10-4-8-15)20(18)17-11-19-13-6-2-1-5-12(13)17/h1-2,5-6H,3-4,9-11H2. The quantitative estimate of drug-likeness (QED) is 0.808. The van der Waals surface area contributed by atoms with Crippen molar-refractivity contribution in [3.05, 3.63) is 24.3 Å². The zero-order valence-corrected chi connectivity index (χ0v) is 12.5. The Morgan fingerprint density at radius 3 is 2.55 bits per heavy atom. The molecule has 0 aliphatic carbocycles. The van der Waals surface area contributed by atoms with Crippen molar-refractivity contribution in [2.75, 3.05) is 23.3 Å². The summed E-state index contributed by atoms with van der Waals surface area (Å²) in [6.07, 6.45) is 0.611. The predicted octanol–water partition coefficient (Wildman–Crippen LogP) is 2.26. The molecule has 7 heteroatoms. The Balaban J connectivity index is 2.12. The lowest BCUT2D eigenvalue weighted by Gasteiger charge is -2.25. The van der Waals surface area contributed by atoms with Crippen LogP contribution in [0.1, 0.15) is 12.8 Å². The Morgan fingerprint density at radius 1 is 1.25 bits per heavy atom. The van der Waals surface area contributed by atoms with Gasteiger partial charge in [-0.1, -0.05) is 12.1 Å². The van der Waals surface area contributed by atoms with Crippen LogP contribution in [-0.4, -0.2) is 27.5 Å². The van der Waals surface area contributed by atoms with Gasteiger partial charge < -0.3 is 0 Å². The van der Waals surface area contributed by atoms with Crippen LogP contribution in [-0.2, 0) is 11.2 Å². The van der Waals surface area contributed by atoms with Crippen molar-refractivity contribution >= 4 is 28.6 Å². The largest absolute Gasteiger partial charge is 0.267 e. The minimum atomic E-state index is -1.35. The van der Waals surface area contributed by atoms with Crippen molar-refractivity contribution in [3.8, 4) is 12.1 Å². The second kappa shape index (κ2) is 7.30. The van der Waals surface area contributed by atoms with E-state index < -0.39 is 11.2 Å². The molecule has 0 aromatic heterocycles. The molecule has 0 amide bonds. The minimum absolute atomic E-state index is 0.305. The summed E-state index contributed by atoms with van der Waals surface area (Å²) < 4.78 is 16.2. The molecule has 1 aromatic carbocycles. The van der Waals surface area contributed by atoms with Gasteiger partial charge in [-0.25, -0.2) is 8.51 Å². The molecule has 1 aromatic rings. The van der Waals surface area contributed by atoms with Gasteiger partial charge in [0.25, 0.3) is 0 Å². The number of benzene rings is 1. The molecule has 0 radical (unpaired) electrons. The van der Waals surface area contributed by atoms with Crippen LogP contribution in [0.3, 0.4) is 0 Å². The smallest absolute Gasteiger partial charge is 0.199 e. The zero-order chi connectivity index (χ0) is 14.4. The second-order valence-corrected chi connectivity index (χ2v) is 6.50. The van der Waals surface area contributed by atoms with Crippen molar-refractivity contribution in [2.45, 2.75) is 17.7 Å². The average Bonchev–Trinajstić information content (AvgIpc) is 2.91. The van der Waals surface area contributed by atoms with Gasteiger partial charge in [-0.05, 0) is 12.1 Å². The number of hydrogen-bond donors (Lipinski definition) is 0. The van der Waals surface area contributed by atoms with Crippen LogP contribution in [0.25, 0.3) is 0 Å². The molecule has 2 rings (SSSR count). The first-order valence-electron chi connectivity index (χ1n) is 6.18. The van der Waals surface area contributed by atoms with Crippen molar-refractivity contribution in [1.82, 2.24) is 4.31 Å². The van der Waals surface area contributed by atoms with Gasteiger partial charge in [0.15, 0.2) is 11.2 Å². The molecule has 1 aliphatic rings. The second-order valence-electron chi connectivity index (χ2n) is 4.10. The number of anilines is 1. The highest BCUT2D eigenvalue weighted by atomic mass is 32.2. The number of nitriles is 2. The van der Waals surface area contributed by atoms with Gasteiger partial charge in [0, 0.05) is 30.8 Å². The van der Waals surface area contributed by atoms with Gasteiger partial charge in [-0.15, -0.1) is 11.8 Å². The van der Waals surface area contributed by atoms with E-state index in [2.05, 4.69) is 12.1 Å². The number of rotatable bonds is 6. The van der Waals surface area contributed by atoms with E-state index in [4.69, 9.17) is 10.5 Å². The van der Waals surface area contributed by atoms with Crippen LogP contribution < -0.4 is 4.31 Å². The van der Waals surface area contributed by atoms with Crippen LogP contribution >= 0.6 is 11.8 Å². The van der Waals surface area contributed by atoms with E-state index >= 15 is 0 Å². The molecule has 5 nitrogen and oxygen atoms in total. The molecule has 0 saturated carbocycles. The molecule has 0 spiro atoms. The fourth-order valence-electron chi connectivity index (χ4n) is 1.87. The topological polar surface area (TPSA) is 71.1 Å². The van der Waals surface area contributed by atoms with E-state index in [9.17, 15) is 4.21 Å². The van der Waals surface area contributed by atoms with E-state index in [0.717, 1.165) is 10.6 Å². The van der Waals surface area contributed by atoms with Crippen LogP contribution in [0.5, 0.6) is 0 Å². The highest BCUT2D eigenvalue weighted by Crippen LogP contribution is 2.39. The Labute approximate surface area is 125 Å². The molecule has 1 aliphatic heterocycles. The number of hydrogen-bond acceptors (Lipinski definition) is 4. The number of fused-ring (bicyclic) bond motifs is 1. The minimum Gasteiger partial charge on any atom is -0.267 e. The number of nitrogens with zero attached hydrogens (tertiary/aromatic N) is 4. The van der Waals surface area contributed by atoms with Gasteiger partial charge in [-0.3, -0.25) is 4.31 Å². The summed E-state index contributed by atoms with van der Waals surface area (Å²) in [5, 5.41) is 17.4. The van der Waals surface area contributed by atoms with E-state index in [1.807, 2.05) is 28.6 Å². The van der Waals surface area contributed by atoms with Crippen molar-refractivity contribution in [2.24, 2.45) is 0 Å². The molecule has 0 bridgehead atoms. The predicted molar refractivity (Wildman–Crippen MR) is 79.8 cm³/mol. The fourth-order valence-corrected chi connectivity index (χ4v) is 4.44. The summed E-state index contributed by atoms with van der Waals surface area (Å²) in [7, 11) is 0. The summed E-state index contributed by atoms with van der Waals surface area (Å²) in [6.45, 7) is 0.822. The van der Waals surface area contributed by atoms with E-state index in [-0.39, 0.29) is 0 Å². The maximum Gasteiger partial charge on any atom is 0.199 e. The van der Waals surface area contributed by atoms with Crippen molar-refractivity contribution in [1.29, 1.82) is 10.5 Å². The van der Waals surface area contributed by atoms with Gasteiger partial charge in [-0.2, -0.15) is 10.5 Å². The molecular weight excluding hydrogens is 292 g/mol. The van der Waals surface area contributed by atoms with Crippen molar-refractivity contribution in [3.63, 3.8) is 0 Å². The van der Waals surface area contributed by atoms with Gasteiger partial charge in [0.05, 0.1) is 23.7 Å². The summed E-state index contributed by atoms with van der Waals surface area (Å²) >= 11 is 0.292. The van der Waals surface area contributed by atoms with Crippen LogP contribution in [0.4, 0.5) is 5.69 Å². The van der Waals surface area contributed by atoms with E-state index in [1.165, 1.54) is 0 Å². The molecular formula is C13H14N4OS2.